The Labute approximate surface area is 104 Å². The third-order valence-corrected chi connectivity index (χ3v) is 3.07. The summed E-state index contributed by atoms with van der Waals surface area (Å²) in [6.45, 7) is 8.58. The van der Waals surface area contributed by atoms with Crippen LogP contribution in [0.25, 0.3) is 0 Å². The lowest BCUT2D eigenvalue weighted by atomic mass is 9.88. The van der Waals surface area contributed by atoms with Gasteiger partial charge in [0.15, 0.2) is 0 Å². The van der Waals surface area contributed by atoms with E-state index in [0.29, 0.717) is 0 Å². The van der Waals surface area contributed by atoms with Gasteiger partial charge in [0, 0.05) is 25.3 Å². The molecule has 94 valence electrons. The molecular formula is C14H23N3. The van der Waals surface area contributed by atoms with Crippen molar-refractivity contribution in [3.05, 3.63) is 23.9 Å². The Kier molecular flexibility index (Phi) is 3.67. The topological polar surface area (TPSA) is 37.0 Å². The van der Waals surface area contributed by atoms with Gasteiger partial charge in [0.2, 0.25) is 0 Å². The van der Waals surface area contributed by atoms with Gasteiger partial charge in [-0.1, -0.05) is 26.8 Å². The van der Waals surface area contributed by atoms with Gasteiger partial charge in [-0.25, -0.2) is 4.98 Å². The molecule has 0 aromatic carbocycles. The molecule has 3 nitrogen and oxygen atoms in total. The van der Waals surface area contributed by atoms with Crippen LogP contribution in [0.3, 0.4) is 0 Å². The molecule has 0 aliphatic heterocycles. The summed E-state index contributed by atoms with van der Waals surface area (Å²) < 4.78 is 0. The van der Waals surface area contributed by atoms with Crippen LogP contribution >= 0.6 is 0 Å². The number of rotatable bonds is 5. The molecule has 1 saturated carbocycles. The van der Waals surface area contributed by atoms with Gasteiger partial charge < -0.3 is 10.6 Å². The number of pyridine rings is 1. The maximum absolute atomic E-state index is 4.44. The maximum atomic E-state index is 4.44. The Morgan fingerprint density at radius 2 is 2.00 bits per heavy atom. The van der Waals surface area contributed by atoms with Crippen LogP contribution in [0.2, 0.25) is 0 Å². The van der Waals surface area contributed by atoms with Crippen LogP contribution in [0, 0.1) is 0 Å². The number of aromatic nitrogens is 1. The first-order valence-corrected chi connectivity index (χ1v) is 6.49. The van der Waals surface area contributed by atoms with E-state index in [9.17, 15) is 0 Å². The third kappa shape index (κ3) is 4.00. The van der Waals surface area contributed by atoms with Gasteiger partial charge >= 0.3 is 0 Å². The zero-order valence-corrected chi connectivity index (χ0v) is 11.1. The summed E-state index contributed by atoms with van der Waals surface area (Å²) in [5.74, 6) is 0.968. The summed E-state index contributed by atoms with van der Waals surface area (Å²) in [5.41, 5.74) is 1.46. The predicted molar refractivity (Wildman–Crippen MR) is 72.5 cm³/mol. The van der Waals surface area contributed by atoms with Crippen LogP contribution in [0.5, 0.6) is 0 Å². The van der Waals surface area contributed by atoms with Crippen molar-refractivity contribution in [1.82, 2.24) is 10.3 Å². The minimum Gasteiger partial charge on any atom is -0.369 e. The molecule has 0 saturated heterocycles. The van der Waals surface area contributed by atoms with Crippen molar-refractivity contribution in [2.24, 2.45) is 0 Å². The lowest BCUT2D eigenvalue weighted by molar-refractivity contribution is 0.587. The quantitative estimate of drug-likeness (QED) is 0.767. The normalized spacial score (nSPS) is 15.9. The first-order valence-electron chi connectivity index (χ1n) is 6.49. The second kappa shape index (κ2) is 5.05. The molecule has 1 aromatic rings. The summed E-state index contributed by atoms with van der Waals surface area (Å²) in [5, 5.41) is 6.81. The molecule has 1 aliphatic carbocycles. The monoisotopic (exact) mass is 233 g/mol. The van der Waals surface area contributed by atoms with Crippen LogP contribution in [0.1, 0.15) is 39.2 Å². The van der Waals surface area contributed by atoms with Gasteiger partial charge in [-0.05, 0) is 29.9 Å². The van der Waals surface area contributed by atoms with Crippen LogP contribution in [0.15, 0.2) is 18.3 Å². The van der Waals surface area contributed by atoms with Crippen molar-refractivity contribution in [2.75, 3.05) is 18.4 Å². The Hall–Kier alpha value is -1.09. The SMILES string of the molecule is CC(C)(C)c1ccc(NCCNC2CC2)nc1. The molecule has 2 rings (SSSR count). The fraction of sp³-hybridized carbons (Fsp3) is 0.643. The summed E-state index contributed by atoms with van der Waals surface area (Å²) in [6, 6.07) is 5.01. The summed E-state index contributed by atoms with van der Waals surface area (Å²) in [6.07, 6.45) is 4.66. The molecule has 1 aliphatic rings. The van der Waals surface area contributed by atoms with Crippen molar-refractivity contribution < 1.29 is 0 Å². The van der Waals surface area contributed by atoms with E-state index in [1.807, 2.05) is 6.20 Å². The largest absolute Gasteiger partial charge is 0.369 e. The minimum atomic E-state index is 0.180. The molecule has 2 N–H and O–H groups in total. The van der Waals surface area contributed by atoms with Gasteiger partial charge in [-0.2, -0.15) is 0 Å². The zero-order chi connectivity index (χ0) is 12.3. The highest BCUT2D eigenvalue weighted by Crippen LogP contribution is 2.21. The molecule has 1 fully saturated rings. The fourth-order valence-corrected chi connectivity index (χ4v) is 1.70. The Morgan fingerprint density at radius 3 is 2.53 bits per heavy atom. The zero-order valence-electron chi connectivity index (χ0n) is 11.1. The second-order valence-electron chi connectivity index (χ2n) is 5.84. The average Bonchev–Trinajstić information content (AvgIpc) is 3.08. The van der Waals surface area contributed by atoms with Gasteiger partial charge in [0.1, 0.15) is 5.82 Å². The number of nitrogens with one attached hydrogen (secondary N) is 2. The van der Waals surface area contributed by atoms with E-state index in [4.69, 9.17) is 0 Å². The van der Waals surface area contributed by atoms with Crippen molar-refractivity contribution in [3.8, 4) is 0 Å². The van der Waals surface area contributed by atoms with Crippen molar-refractivity contribution in [3.63, 3.8) is 0 Å². The number of hydrogen-bond donors (Lipinski definition) is 2. The predicted octanol–water partition coefficient (Wildman–Crippen LogP) is 2.54. The lowest BCUT2D eigenvalue weighted by Gasteiger charge is -2.18. The van der Waals surface area contributed by atoms with Crippen molar-refractivity contribution in [1.29, 1.82) is 0 Å². The standard InChI is InChI=1S/C14H23N3/c1-14(2,3)11-4-7-13(17-10-11)16-9-8-15-12-5-6-12/h4,7,10,12,15H,5-6,8-9H2,1-3H3,(H,16,17). The van der Waals surface area contributed by atoms with Crippen LogP contribution in [-0.4, -0.2) is 24.1 Å². The Bertz CT molecular complexity index is 347. The van der Waals surface area contributed by atoms with Crippen LogP contribution in [0.4, 0.5) is 5.82 Å². The molecule has 1 heterocycles. The molecule has 0 radical (unpaired) electrons. The minimum absolute atomic E-state index is 0.180. The van der Waals surface area contributed by atoms with E-state index < -0.39 is 0 Å². The Balaban J connectivity index is 1.76. The Morgan fingerprint density at radius 1 is 1.24 bits per heavy atom. The number of hydrogen-bond acceptors (Lipinski definition) is 3. The first-order chi connectivity index (χ1) is 8.05. The molecule has 0 spiro atoms. The van der Waals surface area contributed by atoms with Crippen LogP contribution < -0.4 is 10.6 Å². The average molecular weight is 233 g/mol. The van der Waals surface area contributed by atoms with Gasteiger partial charge in [0.05, 0.1) is 0 Å². The second-order valence-corrected chi connectivity index (χ2v) is 5.84. The fourth-order valence-electron chi connectivity index (χ4n) is 1.70. The van der Waals surface area contributed by atoms with E-state index in [1.54, 1.807) is 0 Å². The van der Waals surface area contributed by atoms with E-state index in [-0.39, 0.29) is 5.41 Å². The molecule has 0 atom stereocenters. The van der Waals surface area contributed by atoms with E-state index in [0.717, 1.165) is 24.9 Å². The molecule has 0 unspecified atom stereocenters. The van der Waals surface area contributed by atoms with Gasteiger partial charge in [-0.3, -0.25) is 0 Å². The van der Waals surface area contributed by atoms with Gasteiger partial charge in [0.25, 0.3) is 0 Å². The third-order valence-electron chi connectivity index (χ3n) is 3.07. The van der Waals surface area contributed by atoms with Crippen molar-refractivity contribution >= 4 is 5.82 Å². The first kappa shape index (κ1) is 12.4. The van der Waals surface area contributed by atoms with E-state index in [1.165, 1.54) is 18.4 Å². The van der Waals surface area contributed by atoms with Gasteiger partial charge in [-0.15, -0.1) is 0 Å². The smallest absolute Gasteiger partial charge is 0.125 e. The summed E-state index contributed by atoms with van der Waals surface area (Å²) in [4.78, 5) is 4.44. The molecule has 17 heavy (non-hydrogen) atoms. The summed E-state index contributed by atoms with van der Waals surface area (Å²) >= 11 is 0. The van der Waals surface area contributed by atoms with E-state index >= 15 is 0 Å². The number of anilines is 1. The molecular weight excluding hydrogens is 210 g/mol. The number of nitrogens with zero attached hydrogens (tertiary/aromatic N) is 1. The highest BCUT2D eigenvalue weighted by Gasteiger charge is 2.19. The van der Waals surface area contributed by atoms with E-state index in [2.05, 4.69) is 48.5 Å². The highest BCUT2D eigenvalue weighted by atomic mass is 15.0. The highest BCUT2D eigenvalue weighted by molar-refractivity contribution is 5.37. The maximum Gasteiger partial charge on any atom is 0.125 e. The summed E-state index contributed by atoms with van der Waals surface area (Å²) in [7, 11) is 0. The molecule has 3 heteroatoms. The molecule has 0 amide bonds. The molecule has 0 bridgehead atoms. The van der Waals surface area contributed by atoms with Crippen LogP contribution in [-0.2, 0) is 5.41 Å². The lowest BCUT2D eigenvalue weighted by Crippen LogP contribution is -2.24. The van der Waals surface area contributed by atoms with Crippen molar-refractivity contribution in [2.45, 2.75) is 45.1 Å². The molecule has 1 aromatic heterocycles.